The molecular formula is C16H13ClN2O4. The van der Waals surface area contributed by atoms with Crippen LogP contribution in [0.3, 0.4) is 0 Å². The highest BCUT2D eigenvalue weighted by molar-refractivity contribution is 6.32. The van der Waals surface area contributed by atoms with Crippen LogP contribution in [-0.2, 0) is 11.2 Å². The fourth-order valence-corrected chi connectivity index (χ4v) is 2.76. The van der Waals surface area contributed by atoms with Gasteiger partial charge in [-0.05, 0) is 24.1 Å². The molecule has 0 spiro atoms. The van der Waals surface area contributed by atoms with E-state index in [9.17, 15) is 14.9 Å². The summed E-state index contributed by atoms with van der Waals surface area (Å²) in [4.78, 5) is 24.1. The third kappa shape index (κ3) is 3.12. The number of ether oxygens (including phenoxy) is 1. The highest BCUT2D eigenvalue weighted by Gasteiger charge is 2.24. The van der Waals surface area contributed by atoms with Gasteiger partial charge in [0, 0.05) is 24.4 Å². The van der Waals surface area contributed by atoms with Gasteiger partial charge in [0.2, 0.25) is 0 Å². The Kier molecular flexibility index (Phi) is 4.16. The molecule has 1 aliphatic rings. The van der Waals surface area contributed by atoms with Crippen molar-refractivity contribution in [3.8, 4) is 5.75 Å². The first-order chi connectivity index (χ1) is 11.1. The van der Waals surface area contributed by atoms with Crippen LogP contribution >= 0.6 is 11.6 Å². The van der Waals surface area contributed by atoms with Gasteiger partial charge in [-0.1, -0.05) is 29.8 Å². The second-order valence-electron chi connectivity index (χ2n) is 5.08. The minimum Gasteiger partial charge on any atom is -0.482 e. The molecule has 1 amide bonds. The first-order valence-electron chi connectivity index (χ1n) is 7.01. The van der Waals surface area contributed by atoms with Gasteiger partial charge in [0.1, 0.15) is 5.75 Å². The Hall–Kier alpha value is -2.60. The van der Waals surface area contributed by atoms with E-state index in [2.05, 4.69) is 0 Å². The number of anilines is 1. The van der Waals surface area contributed by atoms with Crippen molar-refractivity contribution in [2.24, 2.45) is 0 Å². The minimum atomic E-state index is -0.540. The van der Waals surface area contributed by atoms with E-state index in [1.807, 2.05) is 24.3 Å². The lowest BCUT2D eigenvalue weighted by Crippen LogP contribution is -2.33. The Morgan fingerprint density at radius 1 is 1.30 bits per heavy atom. The van der Waals surface area contributed by atoms with Gasteiger partial charge in [0.25, 0.3) is 11.6 Å². The summed E-state index contributed by atoms with van der Waals surface area (Å²) in [6.07, 6.45) is 0.820. The van der Waals surface area contributed by atoms with Crippen molar-refractivity contribution in [3.63, 3.8) is 0 Å². The largest absolute Gasteiger partial charge is 0.482 e. The van der Waals surface area contributed by atoms with Crippen molar-refractivity contribution < 1.29 is 14.5 Å². The first kappa shape index (κ1) is 15.3. The molecule has 0 radical (unpaired) electrons. The number of carbonyl (C=O) groups is 1. The van der Waals surface area contributed by atoms with E-state index in [0.717, 1.165) is 17.7 Å². The van der Waals surface area contributed by atoms with E-state index in [1.54, 1.807) is 4.90 Å². The third-order valence-corrected chi connectivity index (χ3v) is 3.96. The molecule has 2 aromatic carbocycles. The average Bonchev–Trinajstić information content (AvgIpc) is 2.97. The van der Waals surface area contributed by atoms with Crippen molar-refractivity contribution in [2.45, 2.75) is 6.42 Å². The molecule has 1 aliphatic heterocycles. The zero-order valence-corrected chi connectivity index (χ0v) is 12.8. The third-order valence-electron chi connectivity index (χ3n) is 3.67. The van der Waals surface area contributed by atoms with Crippen molar-refractivity contribution in [1.29, 1.82) is 0 Å². The average molecular weight is 333 g/mol. The molecule has 0 fully saturated rings. The molecule has 6 nitrogen and oxygen atoms in total. The van der Waals surface area contributed by atoms with E-state index in [0.29, 0.717) is 6.54 Å². The van der Waals surface area contributed by atoms with E-state index in [4.69, 9.17) is 16.3 Å². The first-order valence-corrected chi connectivity index (χ1v) is 7.39. The van der Waals surface area contributed by atoms with Gasteiger partial charge in [-0.2, -0.15) is 0 Å². The number of amides is 1. The van der Waals surface area contributed by atoms with Crippen LogP contribution in [0.5, 0.6) is 5.75 Å². The molecular weight excluding hydrogens is 320 g/mol. The van der Waals surface area contributed by atoms with Crippen LogP contribution in [0.2, 0.25) is 5.02 Å². The van der Waals surface area contributed by atoms with E-state index >= 15 is 0 Å². The van der Waals surface area contributed by atoms with E-state index < -0.39 is 4.92 Å². The SMILES string of the molecule is O=C(COc1ccc([N+](=O)[O-])cc1Cl)N1CCc2ccccc21. The van der Waals surface area contributed by atoms with Crippen molar-refractivity contribution in [2.75, 3.05) is 18.1 Å². The fourth-order valence-electron chi connectivity index (χ4n) is 2.54. The van der Waals surface area contributed by atoms with Gasteiger partial charge in [-0.25, -0.2) is 0 Å². The number of nitro groups is 1. The molecule has 0 aliphatic carbocycles. The number of carbonyl (C=O) groups excluding carboxylic acids is 1. The quantitative estimate of drug-likeness (QED) is 0.636. The molecule has 0 bridgehead atoms. The number of fused-ring (bicyclic) bond motifs is 1. The topological polar surface area (TPSA) is 72.7 Å². The molecule has 2 aromatic rings. The predicted molar refractivity (Wildman–Crippen MR) is 86.1 cm³/mol. The van der Waals surface area contributed by atoms with Gasteiger partial charge >= 0.3 is 0 Å². The molecule has 0 saturated heterocycles. The summed E-state index contributed by atoms with van der Waals surface area (Å²) in [5, 5.41) is 10.8. The number of hydrogen-bond donors (Lipinski definition) is 0. The molecule has 0 aromatic heterocycles. The Morgan fingerprint density at radius 2 is 2.09 bits per heavy atom. The van der Waals surface area contributed by atoms with Crippen LogP contribution in [0.4, 0.5) is 11.4 Å². The summed E-state index contributed by atoms with van der Waals surface area (Å²) in [6.45, 7) is 0.446. The zero-order chi connectivity index (χ0) is 16.4. The number of nitrogens with zero attached hydrogens (tertiary/aromatic N) is 2. The highest BCUT2D eigenvalue weighted by Crippen LogP contribution is 2.30. The van der Waals surface area contributed by atoms with E-state index in [-0.39, 0.29) is 29.0 Å². The second-order valence-corrected chi connectivity index (χ2v) is 5.49. The summed E-state index contributed by atoms with van der Waals surface area (Å²) in [7, 11) is 0. The molecule has 23 heavy (non-hydrogen) atoms. The monoisotopic (exact) mass is 332 g/mol. The second kappa shape index (κ2) is 6.26. The van der Waals surface area contributed by atoms with Crippen molar-refractivity contribution in [1.82, 2.24) is 0 Å². The summed E-state index contributed by atoms with van der Waals surface area (Å²) in [5.41, 5.74) is 1.91. The molecule has 1 heterocycles. The van der Waals surface area contributed by atoms with E-state index in [1.165, 1.54) is 18.2 Å². The van der Waals surface area contributed by atoms with Crippen LogP contribution in [0.1, 0.15) is 5.56 Å². The normalized spacial score (nSPS) is 12.8. The van der Waals surface area contributed by atoms with Gasteiger partial charge in [-0.15, -0.1) is 0 Å². The number of nitro benzene ring substituents is 1. The maximum Gasteiger partial charge on any atom is 0.271 e. The van der Waals surface area contributed by atoms with Gasteiger partial charge in [-0.3, -0.25) is 14.9 Å². The maximum atomic E-state index is 12.3. The molecule has 0 unspecified atom stereocenters. The fraction of sp³-hybridized carbons (Fsp3) is 0.188. The van der Waals surface area contributed by atoms with Crippen LogP contribution in [0.25, 0.3) is 0 Å². The number of para-hydroxylation sites is 1. The predicted octanol–water partition coefficient (Wildman–Crippen LogP) is 3.22. The van der Waals surface area contributed by atoms with Crippen molar-refractivity contribution >= 4 is 28.9 Å². The highest BCUT2D eigenvalue weighted by atomic mass is 35.5. The lowest BCUT2D eigenvalue weighted by atomic mass is 10.2. The summed E-state index contributed by atoms with van der Waals surface area (Å²) in [6, 6.07) is 11.6. The van der Waals surface area contributed by atoms with Crippen LogP contribution in [0, 0.1) is 10.1 Å². The van der Waals surface area contributed by atoms with Crippen LogP contribution < -0.4 is 9.64 Å². The van der Waals surface area contributed by atoms with Crippen molar-refractivity contribution in [3.05, 3.63) is 63.2 Å². The number of rotatable bonds is 4. The van der Waals surface area contributed by atoms with Gasteiger partial charge in [0.05, 0.1) is 9.95 Å². The van der Waals surface area contributed by atoms with Crippen LogP contribution in [-0.4, -0.2) is 24.0 Å². The zero-order valence-electron chi connectivity index (χ0n) is 12.1. The molecule has 0 saturated carbocycles. The lowest BCUT2D eigenvalue weighted by Gasteiger charge is -2.17. The Balaban J connectivity index is 1.67. The molecule has 0 atom stereocenters. The summed E-state index contributed by atoms with van der Waals surface area (Å²) < 4.78 is 5.41. The Morgan fingerprint density at radius 3 is 2.83 bits per heavy atom. The summed E-state index contributed by atoms with van der Waals surface area (Å²) >= 11 is 5.94. The maximum absolute atomic E-state index is 12.3. The lowest BCUT2D eigenvalue weighted by molar-refractivity contribution is -0.384. The van der Waals surface area contributed by atoms with Crippen LogP contribution in [0.15, 0.2) is 42.5 Å². The smallest absolute Gasteiger partial charge is 0.271 e. The summed E-state index contributed by atoms with van der Waals surface area (Å²) in [5.74, 6) is 0.0717. The standard InChI is InChI=1S/C16H13ClN2O4/c17-13-9-12(19(21)22)5-6-15(13)23-10-16(20)18-8-7-11-3-1-2-4-14(11)18/h1-6,9H,7-8,10H2. The molecule has 0 N–H and O–H groups in total. The van der Waals surface area contributed by atoms with Gasteiger partial charge in [0.15, 0.2) is 6.61 Å². The Labute approximate surface area is 137 Å². The molecule has 118 valence electrons. The van der Waals surface area contributed by atoms with Gasteiger partial charge < -0.3 is 9.64 Å². The number of halogens is 1. The number of non-ortho nitro benzene ring substituents is 1. The number of benzene rings is 2. The Bertz CT molecular complexity index is 778. The minimum absolute atomic E-state index is 0.105. The number of hydrogen-bond acceptors (Lipinski definition) is 4. The molecule has 3 rings (SSSR count). The molecule has 7 heteroatoms.